The lowest BCUT2D eigenvalue weighted by atomic mass is 9.86. The molecule has 0 bridgehead atoms. The minimum atomic E-state index is 0.0343. The van der Waals surface area contributed by atoms with Gasteiger partial charge in [0.25, 0.3) is 0 Å². The lowest BCUT2D eigenvalue weighted by Crippen LogP contribution is -2.05. The van der Waals surface area contributed by atoms with Gasteiger partial charge in [0.05, 0.1) is 17.1 Å². The number of fused-ring (bicyclic) bond motifs is 2. The molecule has 0 amide bonds. The second-order valence-corrected chi connectivity index (χ2v) is 8.66. The van der Waals surface area contributed by atoms with E-state index in [1.807, 2.05) is 11.7 Å². The molecule has 0 N–H and O–H groups in total. The topological polar surface area (TPSA) is 22.8 Å². The van der Waals surface area contributed by atoms with Crippen LogP contribution in [0.25, 0.3) is 32.9 Å². The summed E-state index contributed by atoms with van der Waals surface area (Å²) in [6.45, 7) is 0. The normalized spacial score (nSPS) is 12.4. The van der Waals surface area contributed by atoms with Crippen molar-refractivity contribution in [2.75, 3.05) is 0 Å². The highest BCUT2D eigenvalue weighted by Crippen LogP contribution is 2.39. The number of nitrogens with zero attached hydrogens (tertiary/aromatic N) is 3. The quantitative estimate of drug-likeness (QED) is 0.300. The van der Waals surface area contributed by atoms with E-state index in [0.29, 0.717) is 0 Å². The third kappa shape index (κ3) is 3.25. The van der Waals surface area contributed by atoms with E-state index < -0.39 is 0 Å². The lowest BCUT2D eigenvalue weighted by molar-refractivity contribution is 0.755. The van der Waals surface area contributed by atoms with E-state index >= 15 is 0 Å². The number of hydrogen-bond donors (Lipinski definition) is 0. The summed E-state index contributed by atoms with van der Waals surface area (Å²) >= 11 is 0. The predicted molar refractivity (Wildman–Crippen MR) is 136 cm³/mol. The van der Waals surface area contributed by atoms with Gasteiger partial charge in [0.2, 0.25) is 0 Å². The van der Waals surface area contributed by atoms with Crippen LogP contribution >= 0.6 is 0 Å². The first-order valence-corrected chi connectivity index (χ1v) is 11.3. The minimum Gasteiger partial charge on any atom is -0.350 e. The molecule has 1 atom stereocenters. The highest BCUT2D eigenvalue weighted by atomic mass is 15.3. The Bertz CT molecular complexity index is 1490. The Hall–Kier alpha value is -4.11. The standard InChI is InChI=1S/C30H25N3/c1-32-20-26(24-12-6-8-14-27(24)32)29(30-25-13-7-9-15-28(25)33(2)31-30)23-18-16-22(17-19-23)21-10-4-3-5-11-21/h3-20,29H,1-2H3. The molecule has 0 spiro atoms. The van der Waals surface area contributed by atoms with Crippen molar-refractivity contribution in [1.82, 2.24) is 14.3 Å². The maximum atomic E-state index is 5.05. The van der Waals surface area contributed by atoms with Gasteiger partial charge in [-0.15, -0.1) is 0 Å². The fraction of sp³-hybridized carbons (Fsp3) is 0.100. The predicted octanol–water partition coefficient (Wildman–Crippen LogP) is 6.91. The van der Waals surface area contributed by atoms with E-state index in [2.05, 4.69) is 121 Å². The van der Waals surface area contributed by atoms with Crippen LogP contribution in [0.5, 0.6) is 0 Å². The molecule has 0 saturated carbocycles. The first kappa shape index (κ1) is 19.6. The summed E-state index contributed by atoms with van der Waals surface area (Å²) in [5.41, 5.74) is 8.46. The van der Waals surface area contributed by atoms with Crippen molar-refractivity contribution in [2.45, 2.75) is 5.92 Å². The van der Waals surface area contributed by atoms with E-state index in [4.69, 9.17) is 5.10 Å². The highest BCUT2D eigenvalue weighted by Gasteiger charge is 2.26. The molecule has 6 rings (SSSR count). The SMILES string of the molecule is Cn1cc(C(c2ccc(-c3ccccc3)cc2)c2nn(C)c3ccccc23)c2ccccc21. The summed E-state index contributed by atoms with van der Waals surface area (Å²) in [7, 11) is 4.16. The molecule has 4 aromatic carbocycles. The van der Waals surface area contributed by atoms with E-state index in [1.54, 1.807) is 0 Å². The molecule has 0 aliphatic heterocycles. The van der Waals surface area contributed by atoms with Crippen molar-refractivity contribution in [2.24, 2.45) is 14.1 Å². The number of para-hydroxylation sites is 2. The lowest BCUT2D eigenvalue weighted by Gasteiger charge is -2.17. The number of hydrogen-bond acceptors (Lipinski definition) is 1. The van der Waals surface area contributed by atoms with E-state index in [9.17, 15) is 0 Å². The molecule has 0 fully saturated rings. The van der Waals surface area contributed by atoms with Crippen molar-refractivity contribution in [3.8, 4) is 11.1 Å². The first-order valence-electron chi connectivity index (χ1n) is 11.3. The second-order valence-electron chi connectivity index (χ2n) is 8.66. The van der Waals surface area contributed by atoms with Crippen molar-refractivity contribution >= 4 is 21.8 Å². The van der Waals surface area contributed by atoms with Crippen molar-refractivity contribution in [3.63, 3.8) is 0 Å². The van der Waals surface area contributed by atoms with Gasteiger partial charge in [-0.05, 0) is 34.4 Å². The van der Waals surface area contributed by atoms with Gasteiger partial charge in [0.15, 0.2) is 0 Å². The Kier molecular flexibility index (Phi) is 4.62. The van der Waals surface area contributed by atoms with Crippen molar-refractivity contribution < 1.29 is 0 Å². The first-order chi connectivity index (χ1) is 16.2. The molecule has 33 heavy (non-hydrogen) atoms. The van der Waals surface area contributed by atoms with Gasteiger partial charge in [0, 0.05) is 36.6 Å². The summed E-state index contributed by atoms with van der Waals surface area (Å²) in [4.78, 5) is 0. The van der Waals surface area contributed by atoms with Crippen LogP contribution in [-0.4, -0.2) is 14.3 Å². The fourth-order valence-corrected chi connectivity index (χ4v) is 5.04. The summed E-state index contributed by atoms with van der Waals surface area (Å²) in [5.74, 6) is 0.0343. The Morgan fingerprint density at radius 1 is 0.606 bits per heavy atom. The van der Waals surface area contributed by atoms with Crippen LogP contribution in [0.3, 0.4) is 0 Å². The van der Waals surface area contributed by atoms with Crippen molar-refractivity contribution in [1.29, 1.82) is 0 Å². The zero-order chi connectivity index (χ0) is 22.4. The molecule has 2 heterocycles. The van der Waals surface area contributed by atoms with Gasteiger partial charge in [-0.2, -0.15) is 5.10 Å². The molecule has 160 valence electrons. The maximum Gasteiger partial charge on any atom is 0.0822 e. The fourth-order valence-electron chi connectivity index (χ4n) is 5.04. The van der Waals surface area contributed by atoms with Gasteiger partial charge in [-0.25, -0.2) is 0 Å². The van der Waals surface area contributed by atoms with Crippen LogP contribution in [0.2, 0.25) is 0 Å². The highest BCUT2D eigenvalue weighted by molar-refractivity contribution is 5.88. The van der Waals surface area contributed by atoms with Crippen LogP contribution < -0.4 is 0 Å². The molecule has 0 saturated heterocycles. The van der Waals surface area contributed by atoms with Gasteiger partial charge in [0.1, 0.15) is 0 Å². The monoisotopic (exact) mass is 427 g/mol. The third-order valence-electron chi connectivity index (χ3n) is 6.65. The second kappa shape index (κ2) is 7.79. The third-order valence-corrected chi connectivity index (χ3v) is 6.65. The zero-order valence-corrected chi connectivity index (χ0v) is 18.8. The minimum absolute atomic E-state index is 0.0343. The number of rotatable bonds is 4. The molecular weight excluding hydrogens is 402 g/mol. The molecule has 0 radical (unpaired) electrons. The molecule has 0 aliphatic rings. The molecule has 2 aromatic heterocycles. The molecule has 3 heteroatoms. The summed E-state index contributed by atoms with van der Waals surface area (Å²) in [6, 6.07) is 36.7. The average molecular weight is 428 g/mol. The van der Waals surface area contributed by atoms with Gasteiger partial charge >= 0.3 is 0 Å². The van der Waals surface area contributed by atoms with Crippen molar-refractivity contribution in [3.05, 3.63) is 126 Å². The molecular formula is C30H25N3. The largest absolute Gasteiger partial charge is 0.350 e. The van der Waals surface area contributed by atoms with Crippen LogP contribution in [0.4, 0.5) is 0 Å². The van der Waals surface area contributed by atoms with Gasteiger partial charge < -0.3 is 4.57 Å². The summed E-state index contributed by atoms with van der Waals surface area (Å²) < 4.78 is 4.22. The van der Waals surface area contributed by atoms with Crippen LogP contribution in [0.15, 0.2) is 109 Å². The van der Waals surface area contributed by atoms with Gasteiger partial charge in [-0.3, -0.25) is 4.68 Å². The maximum absolute atomic E-state index is 5.05. The van der Waals surface area contributed by atoms with Crippen LogP contribution in [0.1, 0.15) is 22.7 Å². The van der Waals surface area contributed by atoms with Crippen LogP contribution in [0, 0.1) is 0 Å². The van der Waals surface area contributed by atoms with Gasteiger partial charge in [-0.1, -0.05) is 91.0 Å². The molecule has 3 nitrogen and oxygen atoms in total. The average Bonchev–Trinajstić information content (AvgIpc) is 3.38. The Morgan fingerprint density at radius 3 is 1.97 bits per heavy atom. The Balaban J connectivity index is 1.58. The van der Waals surface area contributed by atoms with Crippen LogP contribution in [-0.2, 0) is 14.1 Å². The van der Waals surface area contributed by atoms with E-state index in [1.165, 1.54) is 38.5 Å². The summed E-state index contributed by atoms with van der Waals surface area (Å²) in [5, 5.41) is 7.52. The Morgan fingerprint density at radius 2 is 1.21 bits per heavy atom. The number of benzene rings is 4. The number of aryl methyl sites for hydroxylation is 2. The smallest absolute Gasteiger partial charge is 0.0822 e. The Labute approximate surface area is 193 Å². The molecule has 1 unspecified atom stereocenters. The van der Waals surface area contributed by atoms with E-state index in [0.717, 1.165) is 11.2 Å². The zero-order valence-electron chi connectivity index (χ0n) is 18.8. The molecule has 6 aromatic rings. The van der Waals surface area contributed by atoms with E-state index in [-0.39, 0.29) is 5.92 Å². The molecule has 0 aliphatic carbocycles. The number of aromatic nitrogens is 3. The summed E-state index contributed by atoms with van der Waals surface area (Å²) in [6.07, 6.45) is 2.27.